The number of H-pyrrole nitrogens is 2. The van der Waals surface area contributed by atoms with Gasteiger partial charge in [0.1, 0.15) is 11.4 Å². The number of carbonyl (C=O) groups excluding carboxylic acids is 2. The Morgan fingerprint density at radius 1 is 0.931 bits per heavy atom. The zero-order chi connectivity index (χ0) is 20.4. The molecule has 0 bridgehead atoms. The number of carbonyl (C=O) groups is 2. The normalized spacial score (nSPS) is 10.7. The van der Waals surface area contributed by atoms with Crippen LogP contribution in [0, 0.1) is 6.92 Å². The maximum atomic E-state index is 12.4. The Bertz CT molecular complexity index is 1190. The van der Waals surface area contributed by atoms with Gasteiger partial charge in [-0.15, -0.1) is 0 Å². The fourth-order valence-corrected chi connectivity index (χ4v) is 2.89. The van der Waals surface area contributed by atoms with E-state index in [1.165, 1.54) is 0 Å². The molecule has 4 aromatic rings. The molecule has 4 N–H and O–H groups in total. The number of aromatic amines is 2. The van der Waals surface area contributed by atoms with E-state index in [4.69, 9.17) is 4.74 Å². The number of methoxy groups -OCH3 is 1. The molecule has 0 fully saturated rings. The smallest absolute Gasteiger partial charge is 0.290 e. The van der Waals surface area contributed by atoms with Gasteiger partial charge in [-0.1, -0.05) is 11.6 Å². The van der Waals surface area contributed by atoms with E-state index in [1.807, 2.05) is 37.3 Å². The second-order valence-electron chi connectivity index (χ2n) is 6.42. The van der Waals surface area contributed by atoms with Gasteiger partial charge in [-0.2, -0.15) is 10.2 Å². The summed E-state index contributed by atoms with van der Waals surface area (Å²) in [6.07, 6.45) is 0. The van der Waals surface area contributed by atoms with Crippen LogP contribution >= 0.6 is 0 Å². The van der Waals surface area contributed by atoms with Crippen molar-refractivity contribution in [2.24, 2.45) is 0 Å². The van der Waals surface area contributed by atoms with Crippen molar-refractivity contribution in [2.45, 2.75) is 6.92 Å². The van der Waals surface area contributed by atoms with Crippen LogP contribution in [0.15, 0.2) is 48.5 Å². The third-order valence-electron chi connectivity index (χ3n) is 4.43. The predicted molar refractivity (Wildman–Crippen MR) is 106 cm³/mol. The summed E-state index contributed by atoms with van der Waals surface area (Å²) in [5, 5.41) is 14.3. The van der Waals surface area contributed by atoms with E-state index in [1.54, 1.807) is 25.3 Å². The van der Waals surface area contributed by atoms with Crippen molar-refractivity contribution in [1.82, 2.24) is 31.2 Å². The molecule has 2 heterocycles. The molecule has 2 aromatic carbocycles. The van der Waals surface area contributed by atoms with Crippen molar-refractivity contribution in [3.63, 3.8) is 0 Å². The van der Waals surface area contributed by atoms with Crippen molar-refractivity contribution < 1.29 is 14.3 Å². The standard InChI is InChI=1S/C20H18N6O3/c1-11-3-8-15-14(9-11)18(24-21-15)20(28)26-25-19(27)17-10-16(22-23-17)12-4-6-13(29-2)7-5-12/h3-10H,1-2H3,(H,21,24)(H,22,23)(H,25,27)(H,26,28). The van der Waals surface area contributed by atoms with Gasteiger partial charge in [-0.05, 0) is 49.4 Å². The van der Waals surface area contributed by atoms with Gasteiger partial charge in [-0.25, -0.2) is 0 Å². The van der Waals surface area contributed by atoms with Crippen molar-refractivity contribution in [3.8, 4) is 17.0 Å². The minimum Gasteiger partial charge on any atom is -0.497 e. The van der Waals surface area contributed by atoms with Crippen molar-refractivity contribution in [3.05, 3.63) is 65.5 Å². The molecule has 9 nitrogen and oxygen atoms in total. The molecule has 0 aliphatic heterocycles. The van der Waals surface area contributed by atoms with Crippen molar-refractivity contribution in [1.29, 1.82) is 0 Å². The molecule has 0 spiro atoms. The summed E-state index contributed by atoms with van der Waals surface area (Å²) >= 11 is 0. The molecule has 0 unspecified atom stereocenters. The van der Waals surface area contributed by atoms with E-state index in [9.17, 15) is 9.59 Å². The minimum atomic E-state index is -0.526. The molecule has 0 saturated heterocycles. The van der Waals surface area contributed by atoms with Gasteiger partial charge in [0.05, 0.1) is 18.3 Å². The predicted octanol–water partition coefficient (Wildman–Crippen LogP) is 2.34. The molecule has 0 atom stereocenters. The SMILES string of the molecule is COc1ccc(-c2cc(C(=O)NNC(=O)c3n[nH]c4ccc(C)cc34)[nH]n2)cc1. The number of hydrazine groups is 1. The summed E-state index contributed by atoms with van der Waals surface area (Å²) in [6.45, 7) is 1.93. The summed E-state index contributed by atoms with van der Waals surface area (Å²) in [5.41, 5.74) is 8.31. The van der Waals surface area contributed by atoms with E-state index in [2.05, 4.69) is 31.2 Å². The Kier molecular flexibility index (Phi) is 4.70. The van der Waals surface area contributed by atoms with Crippen molar-refractivity contribution >= 4 is 22.7 Å². The molecule has 146 valence electrons. The van der Waals surface area contributed by atoms with Crippen molar-refractivity contribution in [2.75, 3.05) is 7.11 Å². The summed E-state index contributed by atoms with van der Waals surface area (Å²) in [6, 6.07) is 14.5. The third-order valence-corrected chi connectivity index (χ3v) is 4.43. The lowest BCUT2D eigenvalue weighted by Gasteiger charge is -2.04. The molecule has 9 heteroatoms. The van der Waals surface area contributed by atoms with Crippen LogP contribution in [0.5, 0.6) is 5.75 Å². The first-order valence-corrected chi connectivity index (χ1v) is 8.80. The molecule has 0 aliphatic rings. The number of fused-ring (bicyclic) bond motifs is 1. The molecule has 0 aliphatic carbocycles. The van der Waals surface area contributed by atoms with E-state index in [0.717, 1.165) is 22.4 Å². The number of hydrogen-bond acceptors (Lipinski definition) is 5. The van der Waals surface area contributed by atoms with Crippen LogP contribution < -0.4 is 15.6 Å². The van der Waals surface area contributed by atoms with Gasteiger partial charge in [0.15, 0.2) is 5.69 Å². The minimum absolute atomic E-state index is 0.201. The molecule has 2 aromatic heterocycles. The zero-order valence-electron chi connectivity index (χ0n) is 15.7. The van der Waals surface area contributed by atoms with E-state index in [-0.39, 0.29) is 11.4 Å². The topological polar surface area (TPSA) is 125 Å². The Hall–Kier alpha value is -4.14. The van der Waals surface area contributed by atoms with Gasteiger partial charge < -0.3 is 4.74 Å². The largest absolute Gasteiger partial charge is 0.497 e. The zero-order valence-corrected chi connectivity index (χ0v) is 15.7. The monoisotopic (exact) mass is 390 g/mol. The van der Waals surface area contributed by atoms with E-state index in [0.29, 0.717) is 11.1 Å². The molecule has 29 heavy (non-hydrogen) atoms. The number of aromatic nitrogens is 4. The second kappa shape index (κ2) is 7.47. The number of nitrogens with one attached hydrogen (secondary N) is 4. The molecule has 0 saturated carbocycles. The lowest BCUT2D eigenvalue weighted by molar-refractivity contribution is 0.0842. The van der Waals surface area contributed by atoms with Crippen LogP contribution in [0.3, 0.4) is 0 Å². The first-order valence-electron chi connectivity index (χ1n) is 8.80. The number of aryl methyl sites for hydroxylation is 1. The average molecular weight is 390 g/mol. The highest BCUT2D eigenvalue weighted by Gasteiger charge is 2.16. The summed E-state index contributed by atoms with van der Waals surface area (Å²) < 4.78 is 5.13. The Balaban J connectivity index is 1.43. The molecule has 0 radical (unpaired) electrons. The highest BCUT2D eigenvalue weighted by molar-refractivity contribution is 6.05. The number of nitrogens with zero attached hydrogens (tertiary/aromatic N) is 2. The van der Waals surface area contributed by atoms with Gasteiger partial charge in [0, 0.05) is 10.9 Å². The number of amides is 2. The third kappa shape index (κ3) is 3.65. The number of benzene rings is 2. The maximum Gasteiger partial charge on any atom is 0.290 e. The van der Waals surface area contributed by atoms with Gasteiger partial charge in [0.25, 0.3) is 11.8 Å². The fourth-order valence-electron chi connectivity index (χ4n) is 2.89. The molecular weight excluding hydrogens is 372 g/mol. The summed E-state index contributed by atoms with van der Waals surface area (Å²) in [7, 11) is 1.59. The maximum absolute atomic E-state index is 12.4. The highest BCUT2D eigenvalue weighted by Crippen LogP contribution is 2.21. The van der Waals surface area contributed by atoms with E-state index >= 15 is 0 Å². The molecule has 4 rings (SSSR count). The van der Waals surface area contributed by atoms with Crippen LogP contribution in [0.1, 0.15) is 26.5 Å². The van der Waals surface area contributed by atoms with Crippen LogP contribution in [0.4, 0.5) is 0 Å². The quantitative estimate of drug-likeness (QED) is 0.398. The Morgan fingerprint density at radius 3 is 2.45 bits per heavy atom. The highest BCUT2D eigenvalue weighted by atomic mass is 16.5. The number of rotatable bonds is 4. The Labute approximate surface area is 165 Å². The first kappa shape index (κ1) is 18.2. The summed E-state index contributed by atoms with van der Waals surface area (Å²) in [5.74, 6) is -0.322. The summed E-state index contributed by atoms with van der Waals surface area (Å²) in [4.78, 5) is 24.7. The molecular formula is C20H18N6O3. The lowest BCUT2D eigenvalue weighted by atomic mass is 10.1. The van der Waals surface area contributed by atoms with Gasteiger partial charge in [-0.3, -0.25) is 30.6 Å². The van der Waals surface area contributed by atoms with Crippen LogP contribution in [-0.4, -0.2) is 39.3 Å². The fraction of sp³-hybridized carbons (Fsp3) is 0.100. The van der Waals surface area contributed by atoms with E-state index < -0.39 is 11.8 Å². The average Bonchev–Trinajstić information content (AvgIpc) is 3.39. The van der Waals surface area contributed by atoms with Crippen LogP contribution in [-0.2, 0) is 0 Å². The van der Waals surface area contributed by atoms with Gasteiger partial charge in [0.2, 0.25) is 0 Å². The number of ether oxygens (including phenoxy) is 1. The lowest BCUT2D eigenvalue weighted by Crippen LogP contribution is -2.42. The van der Waals surface area contributed by atoms with Gasteiger partial charge >= 0.3 is 0 Å². The number of hydrogen-bond donors (Lipinski definition) is 4. The second-order valence-corrected chi connectivity index (χ2v) is 6.42. The Morgan fingerprint density at radius 2 is 1.69 bits per heavy atom. The first-order chi connectivity index (χ1) is 14.0. The van der Waals surface area contributed by atoms with Crippen LogP contribution in [0.2, 0.25) is 0 Å². The van der Waals surface area contributed by atoms with Crippen LogP contribution in [0.25, 0.3) is 22.2 Å². The molecule has 2 amide bonds.